The van der Waals surface area contributed by atoms with E-state index in [-0.39, 0.29) is 11.4 Å². The topological polar surface area (TPSA) is 29.1 Å². The maximum atomic E-state index is 13.1. The lowest BCUT2D eigenvalue weighted by atomic mass is 10.0. The highest BCUT2D eigenvalue weighted by atomic mass is 19.4. The van der Waals surface area contributed by atoms with Crippen molar-refractivity contribution >= 4 is 5.91 Å². The molecule has 0 aliphatic carbocycles. The highest BCUT2D eigenvalue weighted by Crippen LogP contribution is 2.20. The second kappa shape index (κ2) is 5.95. The molecule has 1 N–H and O–H groups in total. The van der Waals surface area contributed by atoms with Gasteiger partial charge < -0.3 is 5.32 Å². The lowest BCUT2D eigenvalue weighted by molar-refractivity contribution is -0.123. The molecular weight excluding hydrogens is 286 g/mol. The van der Waals surface area contributed by atoms with Crippen LogP contribution in [-0.4, -0.2) is 18.6 Å². The average molecular weight is 297 g/mol. The molecule has 0 bridgehead atoms. The Hall–Kier alpha value is -2.37. The third-order valence-electron chi connectivity index (χ3n) is 2.75. The Kier molecular flexibility index (Phi) is 4.26. The number of carbonyl (C=O) groups is 1. The van der Waals surface area contributed by atoms with Gasteiger partial charge in [0.2, 0.25) is 0 Å². The first kappa shape index (κ1) is 15.0. The van der Waals surface area contributed by atoms with Crippen molar-refractivity contribution in [1.29, 1.82) is 0 Å². The summed E-state index contributed by atoms with van der Waals surface area (Å²) in [5.74, 6) is -1.20. The summed E-state index contributed by atoms with van der Waals surface area (Å²) < 4.78 is 49.1. The predicted octanol–water partition coefficient (Wildman–Crippen LogP) is 3.78. The third-order valence-corrected chi connectivity index (χ3v) is 2.75. The molecule has 0 heterocycles. The Bertz CT molecular complexity index is 635. The van der Waals surface area contributed by atoms with Gasteiger partial charge in [-0.15, -0.1) is 0 Å². The van der Waals surface area contributed by atoms with Gasteiger partial charge in [0.1, 0.15) is 12.4 Å². The van der Waals surface area contributed by atoms with Crippen LogP contribution in [-0.2, 0) is 0 Å². The van der Waals surface area contributed by atoms with Crippen LogP contribution in [0.3, 0.4) is 0 Å². The van der Waals surface area contributed by atoms with Crippen LogP contribution in [0.2, 0.25) is 0 Å². The van der Waals surface area contributed by atoms with E-state index in [9.17, 15) is 22.4 Å². The Morgan fingerprint density at radius 2 is 1.67 bits per heavy atom. The summed E-state index contributed by atoms with van der Waals surface area (Å²) in [6.07, 6.45) is -4.45. The van der Waals surface area contributed by atoms with E-state index in [1.807, 2.05) is 0 Å². The minimum Gasteiger partial charge on any atom is -0.343 e. The zero-order valence-corrected chi connectivity index (χ0v) is 10.7. The fourth-order valence-electron chi connectivity index (χ4n) is 1.76. The predicted molar refractivity (Wildman–Crippen MR) is 70.2 cm³/mol. The molecule has 0 saturated heterocycles. The van der Waals surface area contributed by atoms with E-state index in [4.69, 9.17) is 0 Å². The minimum atomic E-state index is -4.45. The third kappa shape index (κ3) is 4.30. The molecule has 0 spiro atoms. The Morgan fingerprint density at radius 1 is 1.00 bits per heavy atom. The molecule has 2 rings (SSSR count). The zero-order valence-electron chi connectivity index (χ0n) is 10.7. The molecule has 1 amide bonds. The Balaban J connectivity index is 2.10. The summed E-state index contributed by atoms with van der Waals surface area (Å²) in [5.41, 5.74) is 1.40. The summed E-state index contributed by atoms with van der Waals surface area (Å²) in [6, 6.07) is 11.8. The van der Waals surface area contributed by atoms with Gasteiger partial charge in [-0.2, -0.15) is 13.2 Å². The summed E-state index contributed by atoms with van der Waals surface area (Å²) in [7, 11) is 0. The van der Waals surface area contributed by atoms with E-state index < -0.39 is 18.6 Å². The van der Waals surface area contributed by atoms with Crippen molar-refractivity contribution in [3.05, 3.63) is 59.9 Å². The normalized spacial score (nSPS) is 11.2. The van der Waals surface area contributed by atoms with E-state index >= 15 is 0 Å². The summed E-state index contributed by atoms with van der Waals surface area (Å²) in [4.78, 5) is 11.5. The van der Waals surface area contributed by atoms with Crippen molar-refractivity contribution in [3.63, 3.8) is 0 Å². The van der Waals surface area contributed by atoms with Crippen molar-refractivity contribution in [3.8, 4) is 11.1 Å². The quantitative estimate of drug-likeness (QED) is 0.858. The molecule has 0 unspecified atom stereocenters. The minimum absolute atomic E-state index is 0.111. The second-order valence-corrected chi connectivity index (χ2v) is 4.39. The van der Waals surface area contributed by atoms with Gasteiger partial charge in [-0.25, -0.2) is 4.39 Å². The molecule has 2 aromatic carbocycles. The van der Waals surface area contributed by atoms with E-state index in [0.29, 0.717) is 11.1 Å². The molecule has 0 saturated carbocycles. The first-order valence-electron chi connectivity index (χ1n) is 6.06. The van der Waals surface area contributed by atoms with Crippen molar-refractivity contribution in [2.45, 2.75) is 6.18 Å². The molecule has 0 aromatic heterocycles. The summed E-state index contributed by atoms with van der Waals surface area (Å²) in [6.45, 7) is -1.38. The molecule has 0 atom stereocenters. The fourth-order valence-corrected chi connectivity index (χ4v) is 1.76. The summed E-state index contributed by atoms with van der Waals surface area (Å²) in [5, 5.41) is 1.78. The molecule has 0 aliphatic heterocycles. The van der Waals surface area contributed by atoms with Gasteiger partial charge in [0, 0.05) is 5.56 Å². The molecule has 0 aliphatic rings. The number of benzene rings is 2. The SMILES string of the molecule is O=C(NCC(F)(F)F)c1ccc(-c2cccc(F)c2)cc1. The fraction of sp³-hybridized carbons (Fsp3) is 0.133. The van der Waals surface area contributed by atoms with Crippen molar-refractivity contribution in [1.82, 2.24) is 5.32 Å². The Labute approximate surface area is 118 Å². The number of halogens is 4. The number of alkyl halides is 3. The summed E-state index contributed by atoms with van der Waals surface area (Å²) >= 11 is 0. The van der Waals surface area contributed by atoms with Gasteiger partial charge in [-0.3, -0.25) is 4.79 Å². The van der Waals surface area contributed by atoms with Crippen molar-refractivity contribution in [2.75, 3.05) is 6.54 Å². The number of nitrogens with one attached hydrogen (secondary N) is 1. The monoisotopic (exact) mass is 297 g/mol. The van der Waals surface area contributed by atoms with Crippen LogP contribution in [0.4, 0.5) is 17.6 Å². The van der Waals surface area contributed by atoms with Crippen LogP contribution in [0.5, 0.6) is 0 Å². The second-order valence-electron chi connectivity index (χ2n) is 4.39. The Morgan fingerprint density at radius 3 is 2.24 bits per heavy atom. The van der Waals surface area contributed by atoms with E-state index in [1.54, 1.807) is 29.6 Å². The molecule has 2 aromatic rings. The number of amides is 1. The van der Waals surface area contributed by atoms with Gasteiger partial charge in [-0.1, -0.05) is 24.3 Å². The van der Waals surface area contributed by atoms with Gasteiger partial charge in [-0.05, 0) is 35.4 Å². The van der Waals surface area contributed by atoms with Crippen LogP contribution >= 0.6 is 0 Å². The van der Waals surface area contributed by atoms with Crippen LogP contribution in [0.15, 0.2) is 48.5 Å². The zero-order chi connectivity index (χ0) is 15.5. The highest BCUT2D eigenvalue weighted by molar-refractivity contribution is 5.94. The lowest BCUT2D eigenvalue weighted by Crippen LogP contribution is -2.33. The molecular formula is C15H11F4NO. The molecule has 2 nitrogen and oxygen atoms in total. The number of hydrogen-bond acceptors (Lipinski definition) is 1. The maximum Gasteiger partial charge on any atom is 0.405 e. The molecule has 0 fully saturated rings. The maximum absolute atomic E-state index is 13.1. The first-order chi connectivity index (χ1) is 9.85. The number of hydrogen-bond donors (Lipinski definition) is 1. The first-order valence-corrected chi connectivity index (χ1v) is 6.06. The van der Waals surface area contributed by atoms with E-state index in [1.165, 1.54) is 24.3 Å². The van der Waals surface area contributed by atoms with Crippen LogP contribution in [0, 0.1) is 5.82 Å². The molecule has 0 radical (unpaired) electrons. The van der Waals surface area contributed by atoms with Gasteiger partial charge >= 0.3 is 6.18 Å². The van der Waals surface area contributed by atoms with Crippen molar-refractivity contribution in [2.24, 2.45) is 0 Å². The lowest BCUT2D eigenvalue weighted by Gasteiger charge is -2.09. The van der Waals surface area contributed by atoms with Crippen molar-refractivity contribution < 1.29 is 22.4 Å². The van der Waals surface area contributed by atoms with Gasteiger partial charge in [0.25, 0.3) is 5.91 Å². The standard InChI is InChI=1S/C15H11F4NO/c16-13-3-1-2-12(8-13)10-4-6-11(7-5-10)14(21)20-9-15(17,18)19/h1-8H,9H2,(H,20,21). The molecule has 110 valence electrons. The van der Waals surface area contributed by atoms with Crippen LogP contribution < -0.4 is 5.32 Å². The van der Waals surface area contributed by atoms with E-state index in [0.717, 1.165) is 0 Å². The number of carbonyl (C=O) groups excluding carboxylic acids is 1. The molecule has 6 heteroatoms. The van der Waals surface area contributed by atoms with Crippen LogP contribution in [0.1, 0.15) is 10.4 Å². The largest absolute Gasteiger partial charge is 0.405 e. The van der Waals surface area contributed by atoms with Gasteiger partial charge in [0.05, 0.1) is 0 Å². The number of rotatable bonds is 3. The van der Waals surface area contributed by atoms with E-state index in [2.05, 4.69) is 0 Å². The highest BCUT2D eigenvalue weighted by Gasteiger charge is 2.27. The smallest absolute Gasteiger partial charge is 0.343 e. The van der Waals surface area contributed by atoms with Gasteiger partial charge in [0.15, 0.2) is 0 Å². The molecule has 21 heavy (non-hydrogen) atoms. The average Bonchev–Trinajstić information content (AvgIpc) is 2.44. The van der Waals surface area contributed by atoms with Crippen LogP contribution in [0.25, 0.3) is 11.1 Å².